The average Bonchev–Trinajstić information content (AvgIpc) is 2.84. The number of fused-ring (bicyclic) bond motifs is 1. The number of carbonyl (C=O) groups is 1. The van der Waals surface area contributed by atoms with Gasteiger partial charge in [0.2, 0.25) is 0 Å². The molecule has 3 aromatic rings. The van der Waals surface area contributed by atoms with Gasteiger partial charge in [0.15, 0.2) is 0 Å². The van der Waals surface area contributed by atoms with Crippen LogP contribution >= 0.6 is 0 Å². The third-order valence-electron chi connectivity index (χ3n) is 5.22. The first kappa shape index (κ1) is 25.0. The molecule has 12 heteroatoms. The minimum atomic E-state index is -2.41. The summed E-state index contributed by atoms with van der Waals surface area (Å²) < 4.78 is 23.7. The molecule has 0 saturated carbocycles. The molecule has 1 aromatic heterocycles. The Labute approximate surface area is 197 Å². The van der Waals surface area contributed by atoms with Crippen molar-refractivity contribution in [2.75, 3.05) is 6.61 Å². The SMILES string of the molecule is CCCCC(CC)COC(=O)c1ccc(OS(=O)n2nnc3ccc([N+](=O)[O-])cc3c2=O)cc1. The number of nitro groups is 1. The number of ether oxygens (including phenoxy) is 1. The van der Waals surface area contributed by atoms with Crippen molar-refractivity contribution < 1.29 is 22.8 Å². The first-order chi connectivity index (χ1) is 16.3. The van der Waals surface area contributed by atoms with Gasteiger partial charge in [-0.2, -0.15) is 4.21 Å². The third kappa shape index (κ3) is 6.01. The van der Waals surface area contributed by atoms with E-state index in [9.17, 15) is 23.9 Å². The molecule has 2 unspecified atom stereocenters. The van der Waals surface area contributed by atoms with E-state index in [0.29, 0.717) is 22.2 Å². The molecule has 1 heterocycles. The van der Waals surface area contributed by atoms with Crippen molar-refractivity contribution in [3.05, 3.63) is 68.5 Å². The summed E-state index contributed by atoms with van der Waals surface area (Å²) >= 11 is -2.41. The normalized spacial score (nSPS) is 12.8. The van der Waals surface area contributed by atoms with Gasteiger partial charge in [-0.3, -0.25) is 14.9 Å². The Morgan fingerprint density at radius 1 is 1.21 bits per heavy atom. The Morgan fingerprint density at radius 3 is 2.59 bits per heavy atom. The molecular weight excluding hydrogens is 464 g/mol. The Bertz CT molecular complexity index is 1260. The van der Waals surface area contributed by atoms with Crippen LogP contribution in [0.4, 0.5) is 5.69 Å². The third-order valence-corrected chi connectivity index (χ3v) is 6.08. The van der Waals surface area contributed by atoms with E-state index in [1.54, 1.807) is 0 Å². The number of esters is 1. The zero-order valence-corrected chi connectivity index (χ0v) is 19.5. The lowest BCUT2D eigenvalue weighted by Crippen LogP contribution is -2.29. The van der Waals surface area contributed by atoms with Crippen LogP contribution in [0.1, 0.15) is 49.9 Å². The fourth-order valence-corrected chi connectivity index (χ4v) is 3.84. The van der Waals surface area contributed by atoms with Crippen LogP contribution in [0.2, 0.25) is 0 Å². The van der Waals surface area contributed by atoms with E-state index in [-0.39, 0.29) is 22.3 Å². The van der Waals surface area contributed by atoms with Gasteiger partial charge in [-0.05, 0) is 47.9 Å². The molecule has 0 saturated heterocycles. The molecule has 0 aliphatic carbocycles. The van der Waals surface area contributed by atoms with Crippen LogP contribution in [0.15, 0.2) is 47.3 Å². The van der Waals surface area contributed by atoms with E-state index in [1.165, 1.54) is 36.4 Å². The van der Waals surface area contributed by atoms with Gasteiger partial charge in [-0.1, -0.05) is 37.2 Å². The fourth-order valence-electron chi connectivity index (χ4n) is 3.17. The number of nitrogens with zero attached hydrogens (tertiary/aromatic N) is 4. The smallest absolute Gasteiger partial charge is 0.344 e. The first-order valence-electron chi connectivity index (χ1n) is 10.8. The zero-order chi connectivity index (χ0) is 24.7. The van der Waals surface area contributed by atoms with Gasteiger partial charge < -0.3 is 8.92 Å². The maximum atomic E-state index is 12.6. The summed E-state index contributed by atoms with van der Waals surface area (Å²) in [5.74, 6) is -0.0466. The number of non-ortho nitro benzene ring substituents is 1. The number of aromatic nitrogens is 3. The second kappa shape index (κ2) is 11.5. The predicted octanol–water partition coefficient (Wildman–Crippen LogP) is 3.58. The van der Waals surface area contributed by atoms with Crippen LogP contribution in [0.3, 0.4) is 0 Å². The predicted molar refractivity (Wildman–Crippen MR) is 125 cm³/mol. The molecule has 2 aromatic carbocycles. The summed E-state index contributed by atoms with van der Waals surface area (Å²) in [5, 5.41) is 18.2. The van der Waals surface area contributed by atoms with Crippen LogP contribution < -0.4 is 9.74 Å². The van der Waals surface area contributed by atoms with Crippen LogP contribution in [0.25, 0.3) is 10.9 Å². The lowest BCUT2D eigenvalue weighted by Gasteiger charge is -2.14. The standard InChI is InChI=1S/C22H24N4O7S/c1-3-5-6-15(4-2)14-32-22(28)16-7-10-18(11-8-16)33-34(31)25-21(27)19-13-17(26(29)30)9-12-20(19)23-24-25/h7-13,15H,3-6,14H2,1-2H3. The van der Waals surface area contributed by atoms with E-state index in [0.717, 1.165) is 31.7 Å². The fraction of sp³-hybridized carbons (Fsp3) is 0.364. The number of nitro benzene ring substituents is 1. The first-order valence-corrected chi connectivity index (χ1v) is 11.8. The molecule has 180 valence electrons. The molecule has 11 nitrogen and oxygen atoms in total. The Hall–Kier alpha value is -3.67. The van der Waals surface area contributed by atoms with Crippen molar-refractivity contribution in [2.24, 2.45) is 5.92 Å². The summed E-state index contributed by atoms with van der Waals surface area (Å²) in [6.07, 6.45) is 4.10. The molecule has 2 atom stereocenters. The molecule has 34 heavy (non-hydrogen) atoms. The van der Waals surface area contributed by atoms with Crippen molar-refractivity contribution in [3.63, 3.8) is 0 Å². The number of hydrogen-bond donors (Lipinski definition) is 0. The topological polar surface area (TPSA) is 144 Å². The van der Waals surface area contributed by atoms with Crippen molar-refractivity contribution >= 4 is 33.8 Å². The Morgan fingerprint density at radius 2 is 1.94 bits per heavy atom. The number of benzene rings is 2. The van der Waals surface area contributed by atoms with Crippen LogP contribution in [0, 0.1) is 16.0 Å². The van der Waals surface area contributed by atoms with Gasteiger partial charge in [0.05, 0.1) is 22.5 Å². The van der Waals surface area contributed by atoms with Gasteiger partial charge in [-0.25, -0.2) is 4.79 Å². The number of hydrogen-bond acceptors (Lipinski definition) is 9. The molecule has 0 aliphatic heterocycles. The maximum Gasteiger partial charge on any atom is 0.344 e. The minimum Gasteiger partial charge on any atom is -0.462 e. The second-order valence-corrected chi connectivity index (χ2v) is 8.51. The lowest BCUT2D eigenvalue weighted by molar-refractivity contribution is -0.384. The summed E-state index contributed by atoms with van der Waals surface area (Å²) in [4.78, 5) is 35.2. The largest absolute Gasteiger partial charge is 0.462 e. The van der Waals surface area contributed by atoms with E-state index >= 15 is 0 Å². The highest BCUT2D eigenvalue weighted by Gasteiger charge is 2.17. The molecule has 0 amide bonds. The van der Waals surface area contributed by atoms with Gasteiger partial charge in [-0.15, -0.1) is 5.10 Å². The zero-order valence-electron chi connectivity index (χ0n) is 18.7. The molecule has 0 fully saturated rings. The molecule has 0 aliphatic rings. The lowest BCUT2D eigenvalue weighted by atomic mass is 10.0. The number of carbonyl (C=O) groups excluding carboxylic acids is 1. The molecule has 0 radical (unpaired) electrons. The van der Waals surface area contributed by atoms with E-state index in [1.807, 2.05) is 0 Å². The van der Waals surface area contributed by atoms with E-state index in [2.05, 4.69) is 24.2 Å². The van der Waals surface area contributed by atoms with E-state index in [4.69, 9.17) is 8.92 Å². The minimum absolute atomic E-state index is 0.108. The van der Waals surface area contributed by atoms with Gasteiger partial charge in [0.25, 0.3) is 11.2 Å². The maximum absolute atomic E-state index is 12.6. The quantitative estimate of drug-likeness (QED) is 0.225. The van der Waals surface area contributed by atoms with Crippen LogP contribution in [-0.4, -0.2) is 36.1 Å². The van der Waals surface area contributed by atoms with Crippen LogP contribution in [-0.2, 0) is 16.0 Å². The highest BCUT2D eigenvalue weighted by atomic mass is 32.2. The monoisotopic (exact) mass is 488 g/mol. The molecular formula is C22H24N4O7S. The summed E-state index contributed by atoms with van der Waals surface area (Å²) in [7, 11) is 0. The molecule has 0 bridgehead atoms. The highest BCUT2D eigenvalue weighted by molar-refractivity contribution is 7.78. The second-order valence-electron chi connectivity index (χ2n) is 7.57. The van der Waals surface area contributed by atoms with Gasteiger partial charge in [0.1, 0.15) is 11.3 Å². The molecule has 0 spiro atoms. The van der Waals surface area contributed by atoms with Crippen molar-refractivity contribution in [3.8, 4) is 5.75 Å². The molecule has 0 N–H and O–H groups in total. The number of unbranched alkanes of at least 4 members (excludes halogenated alkanes) is 1. The summed E-state index contributed by atoms with van der Waals surface area (Å²) in [5.41, 5.74) is -0.750. The van der Waals surface area contributed by atoms with Crippen molar-refractivity contribution in [1.29, 1.82) is 0 Å². The average molecular weight is 489 g/mol. The van der Waals surface area contributed by atoms with Crippen molar-refractivity contribution in [2.45, 2.75) is 39.5 Å². The van der Waals surface area contributed by atoms with Crippen molar-refractivity contribution in [1.82, 2.24) is 14.4 Å². The van der Waals surface area contributed by atoms with Crippen LogP contribution in [0.5, 0.6) is 5.75 Å². The van der Waals surface area contributed by atoms with Gasteiger partial charge >= 0.3 is 17.2 Å². The van der Waals surface area contributed by atoms with Gasteiger partial charge in [0, 0.05) is 12.1 Å². The highest BCUT2D eigenvalue weighted by Crippen LogP contribution is 2.18. The van der Waals surface area contributed by atoms with E-state index < -0.39 is 27.7 Å². The summed E-state index contributed by atoms with van der Waals surface area (Å²) in [6, 6.07) is 9.24. The number of rotatable bonds is 11. The molecule has 3 rings (SSSR count). The summed E-state index contributed by atoms with van der Waals surface area (Å²) in [6.45, 7) is 4.52. The Balaban J connectivity index is 1.68. The Kier molecular flexibility index (Phi) is 8.41.